The van der Waals surface area contributed by atoms with Crippen LogP contribution in [0.2, 0.25) is 0 Å². The van der Waals surface area contributed by atoms with Gasteiger partial charge in [0, 0.05) is 17.9 Å². The number of oxazole rings is 1. The molecule has 2 heterocycles. The fraction of sp³-hybridized carbons (Fsp3) is 0.462. The predicted octanol–water partition coefficient (Wildman–Crippen LogP) is 2.83. The molecule has 1 N–H and O–H groups in total. The predicted molar refractivity (Wildman–Crippen MR) is 77.0 cm³/mol. The minimum Gasteiger partial charge on any atom is -0.431 e. The Bertz CT molecular complexity index is 622. The molecule has 0 saturated carbocycles. The molecule has 7 heteroatoms. The Hall–Kier alpha value is -1.60. The zero-order chi connectivity index (χ0) is 13.9. The minimum absolute atomic E-state index is 0.0423. The van der Waals surface area contributed by atoms with Crippen LogP contribution in [0.4, 0.5) is 5.69 Å². The Balaban J connectivity index is 1.70. The number of nitro benzene ring substituents is 1. The molecule has 1 aliphatic rings. The Morgan fingerprint density at radius 2 is 2.25 bits per heavy atom. The van der Waals surface area contributed by atoms with Crippen molar-refractivity contribution < 1.29 is 9.34 Å². The van der Waals surface area contributed by atoms with Crippen molar-refractivity contribution in [2.24, 2.45) is 5.92 Å². The molecule has 20 heavy (non-hydrogen) atoms. The highest BCUT2D eigenvalue weighted by Crippen LogP contribution is 2.28. The van der Waals surface area contributed by atoms with Gasteiger partial charge in [-0.05, 0) is 37.9 Å². The van der Waals surface area contributed by atoms with Crippen molar-refractivity contribution in [2.45, 2.75) is 18.1 Å². The van der Waals surface area contributed by atoms with E-state index in [1.807, 2.05) is 0 Å². The van der Waals surface area contributed by atoms with Crippen LogP contribution in [0.25, 0.3) is 11.1 Å². The average Bonchev–Trinajstić information content (AvgIpc) is 2.88. The first kappa shape index (κ1) is 13.4. The van der Waals surface area contributed by atoms with Gasteiger partial charge < -0.3 is 9.73 Å². The fourth-order valence-electron chi connectivity index (χ4n) is 2.31. The SMILES string of the molecule is O=[N+]([O-])c1ccc2oc(SCC3CCNCC3)nc2c1. The van der Waals surface area contributed by atoms with Crippen molar-refractivity contribution in [2.75, 3.05) is 18.8 Å². The number of hydrogen-bond donors (Lipinski definition) is 1. The number of nitrogens with one attached hydrogen (secondary N) is 1. The zero-order valence-corrected chi connectivity index (χ0v) is 11.7. The summed E-state index contributed by atoms with van der Waals surface area (Å²) in [6, 6.07) is 4.50. The summed E-state index contributed by atoms with van der Waals surface area (Å²) in [4.78, 5) is 14.6. The van der Waals surface area contributed by atoms with Gasteiger partial charge in [0.05, 0.1) is 4.92 Å². The maximum absolute atomic E-state index is 10.7. The Labute approximate surface area is 120 Å². The molecule has 3 rings (SSSR count). The second-order valence-corrected chi connectivity index (χ2v) is 5.86. The van der Waals surface area contributed by atoms with Gasteiger partial charge in [0.25, 0.3) is 10.9 Å². The summed E-state index contributed by atoms with van der Waals surface area (Å²) >= 11 is 1.59. The van der Waals surface area contributed by atoms with Gasteiger partial charge in [-0.1, -0.05) is 11.8 Å². The number of nitro groups is 1. The molecule has 0 radical (unpaired) electrons. The molecule has 6 nitrogen and oxygen atoms in total. The van der Waals surface area contributed by atoms with Crippen LogP contribution >= 0.6 is 11.8 Å². The summed E-state index contributed by atoms with van der Waals surface area (Å²) in [5.41, 5.74) is 1.19. The van der Waals surface area contributed by atoms with E-state index in [0.717, 1.165) is 18.8 Å². The molecule has 1 aromatic carbocycles. The molecule has 1 aliphatic heterocycles. The first-order valence-corrected chi connectivity index (χ1v) is 7.59. The number of nitrogens with zero attached hydrogens (tertiary/aromatic N) is 2. The van der Waals surface area contributed by atoms with Crippen molar-refractivity contribution in [3.05, 3.63) is 28.3 Å². The van der Waals surface area contributed by atoms with Gasteiger partial charge in [0.2, 0.25) is 0 Å². The summed E-state index contributed by atoms with van der Waals surface area (Å²) in [6.45, 7) is 2.15. The third kappa shape index (κ3) is 2.94. The van der Waals surface area contributed by atoms with E-state index in [2.05, 4.69) is 10.3 Å². The molecule has 1 fully saturated rings. The summed E-state index contributed by atoms with van der Waals surface area (Å²) in [5.74, 6) is 1.67. The quantitative estimate of drug-likeness (QED) is 0.530. The van der Waals surface area contributed by atoms with Crippen molar-refractivity contribution >= 4 is 28.5 Å². The van der Waals surface area contributed by atoms with Gasteiger partial charge in [0.15, 0.2) is 5.58 Å². The molecule has 0 unspecified atom stereocenters. The van der Waals surface area contributed by atoms with Crippen molar-refractivity contribution in [3.8, 4) is 0 Å². The minimum atomic E-state index is -0.421. The molecular weight excluding hydrogens is 278 g/mol. The highest BCUT2D eigenvalue weighted by molar-refractivity contribution is 7.99. The maximum Gasteiger partial charge on any atom is 0.271 e. The molecule has 106 valence electrons. The fourth-order valence-corrected chi connectivity index (χ4v) is 3.33. The highest BCUT2D eigenvalue weighted by atomic mass is 32.2. The van der Waals surface area contributed by atoms with E-state index in [4.69, 9.17) is 4.42 Å². The molecular formula is C13H15N3O3S. The number of aromatic nitrogens is 1. The lowest BCUT2D eigenvalue weighted by Crippen LogP contribution is -2.28. The summed E-state index contributed by atoms with van der Waals surface area (Å²) in [7, 11) is 0. The third-order valence-corrected chi connectivity index (χ3v) is 4.52. The molecule has 0 spiro atoms. The lowest BCUT2D eigenvalue weighted by molar-refractivity contribution is -0.384. The van der Waals surface area contributed by atoms with Gasteiger partial charge >= 0.3 is 0 Å². The van der Waals surface area contributed by atoms with Gasteiger partial charge in [-0.2, -0.15) is 0 Å². The van der Waals surface area contributed by atoms with Crippen LogP contribution in [0.1, 0.15) is 12.8 Å². The second kappa shape index (κ2) is 5.80. The van der Waals surface area contributed by atoms with E-state index >= 15 is 0 Å². The summed E-state index contributed by atoms with van der Waals surface area (Å²) < 4.78 is 5.61. The normalized spacial score (nSPS) is 16.6. The first-order valence-electron chi connectivity index (χ1n) is 6.61. The molecule has 2 aromatic rings. The van der Waals surface area contributed by atoms with Crippen LogP contribution in [0, 0.1) is 16.0 Å². The molecule has 1 aromatic heterocycles. The number of fused-ring (bicyclic) bond motifs is 1. The second-order valence-electron chi connectivity index (χ2n) is 4.89. The highest BCUT2D eigenvalue weighted by Gasteiger charge is 2.16. The van der Waals surface area contributed by atoms with Crippen molar-refractivity contribution in [1.82, 2.24) is 10.3 Å². The van der Waals surface area contributed by atoms with E-state index in [1.165, 1.54) is 25.0 Å². The molecule has 0 bridgehead atoms. The largest absolute Gasteiger partial charge is 0.431 e. The lowest BCUT2D eigenvalue weighted by Gasteiger charge is -2.21. The van der Waals surface area contributed by atoms with Crippen molar-refractivity contribution in [3.63, 3.8) is 0 Å². The van der Waals surface area contributed by atoms with E-state index in [9.17, 15) is 10.1 Å². The van der Waals surface area contributed by atoms with Crippen LogP contribution in [-0.4, -0.2) is 28.7 Å². The van der Waals surface area contributed by atoms with E-state index in [-0.39, 0.29) is 5.69 Å². The maximum atomic E-state index is 10.7. The topological polar surface area (TPSA) is 81.2 Å². The lowest BCUT2D eigenvalue weighted by atomic mass is 10.0. The van der Waals surface area contributed by atoms with E-state index < -0.39 is 4.92 Å². The Morgan fingerprint density at radius 3 is 3.00 bits per heavy atom. The number of thioether (sulfide) groups is 1. The molecule has 0 atom stereocenters. The van der Waals surface area contributed by atoms with Crippen LogP contribution in [0.15, 0.2) is 27.8 Å². The molecule has 1 saturated heterocycles. The molecule has 0 aliphatic carbocycles. The van der Waals surface area contributed by atoms with Gasteiger partial charge in [-0.3, -0.25) is 10.1 Å². The standard InChI is InChI=1S/C13H15N3O3S/c17-16(18)10-1-2-12-11(7-10)15-13(19-12)20-8-9-3-5-14-6-4-9/h1-2,7,9,14H,3-6,8H2. The third-order valence-electron chi connectivity index (χ3n) is 3.46. The van der Waals surface area contributed by atoms with Crippen LogP contribution in [0.3, 0.4) is 0 Å². The smallest absolute Gasteiger partial charge is 0.271 e. The number of rotatable bonds is 4. The van der Waals surface area contributed by atoms with E-state index in [1.54, 1.807) is 17.8 Å². The van der Waals surface area contributed by atoms with Crippen molar-refractivity contribution in [1.29, 1.82) is 0 Å². The van der Waals surface area contributed by atoms with Gasteiger partial charge in [-0.15, -0.1) is 0 Å². The van der Waals surface area contributed by atoms with Crippen LogP contribution in [-0.2, 0) is 0 Å². The van der Waals surface area contributed by atoms with Gasteiger partial charge in [0.1, 0.15) is 5.52 Å². The number of benzene rings is 1. The Morgan fingerprint density at radius 1 is 1.45 bits per heavy atom. The van der Waals surface area contributed by atoms with Crippen LogP contribution in [0.5, 0.6) is 0 Å². The van der Waals surface area contributed by atoms with Crippen LogP contribution < -0.4 is 5.32 Å². The number of hydrogen-bond acceptors (Lipinski definition) is 6. The van der Waals surface area contributed by atoms with Gasteiger partial charge in [-0.25, -0.2) is 4.98 Å². The number of piperidine rings is 1. The average molecular weight is 293 g/mol. The zero-order valence-electron chi connectivity index (χ0n) is 10.9. The Kier molecular flexibility index (Phi) is 3.88. The summed E-state index contributed by atoms with van der Waals surface area (Å²) in [5, 5.41) is 14.7. The monoisotopic (exact) mass is 293 g/mol. The first-order chi connectivity index (χ1) is 9.72. The summed E-state index contributed by atoms with van der Waals surface area (Å²) in [6.07, 6.45) is 2.36. The number of non-ortho nitro benzene ring substituents is 1. The molecule has 0 amide bonds. The van der Waals surface area contributed by atoms with E-state index in [0.29, 0.717) is 22.2 Å².